The second-order valence-electron chi connectivity index (χ2n) is 1.95. The van der Waals surface area contributed by atoms with E-state index in [4.69, 9.17) is 16.0 Å². The summed E-state index contributed by atoms with van der Waals surface area (Å²) in [5.41, 5.74) is 5.23. The van der Waals surface area contributed by atoms with Crippen LogP contribution in [0.3, 0.4) is 0 Å². The summed E-state index contributed by atoms with van der Waals surface area (Å²) in [6.07, 6.45) is 0. The zero-order valence-electron chi connectivity index (χ0n) is 5.89. The number of nitrogens with two attached hydrogens (primary N) is 1. The third kappa shape index (κ3) is 1.54. The Hall–Kier alpha value is -1.56. The fourth-order valence-electron chi connectivity index (χ4n) is 0.640. The lowest BCUT2D eigenvalue weighted by atomic mass is 10.4. The van der Waals surface area contributed by atoms with E-state index in [1.807, 2.05) is 0 Å². The van der Waals surface area contributed by atoms with Gasteiger partial charge in [-0.1, -0.05) is 5.16 Å². The summed E-state index contributed by atoms with van der Waals surface area (Å²) in [6, 6.07) is 2.89. The molecule has 0 atom stereocenters. The number of amidine groups is 1. The van der Waals surface area contributed by atoms with Gasteiger partial charge < -0.3 is 16.0 Å². The number of carboxylic acid groups (broad SMARTS) is 1. The molecule has 0 unspecified atom stereocenters. The van der Waals surface area contributed by atoms with Crippen LogP contribution in [-0.2, 0) is 0 Å². The molecule has 0 aliphatic heterocycles. The van der Waals surface area contributed by atoms with Crippen LogP contribution in [0.1, 0.15) is 14.5 Å². The molecule has 64 valence electrons. The van der Waals surface area contributed by atoms with Crippen LogP contribution in [0.25, 0.3) is 0 Å². The SMILES string of the molecule is N/C(=N\O)c1ccc(C(=O)O)s1. The maximum Gasteiger partial charge on any atom is 0.345 e. The van der Waals surface area contributed by atoms with Crippen LogP contribution < -0.4 is 5.73 Å². The molecule has 0 aromatic carbocycles. The van der Waals surface area contributed by atoms with Crippen molar-refractivity contribution < 1.29 is 15.1 Å². The number of oxime groups is 1. The first kappa shape index (κ1) is 8.54. The predicted molar refractivity (Wildman–Crippen MR) is 43.8 cm³/mol. The molecule has 0 fully saturated rings. The molecule has 0 saturated carbocycles. The Morgan fingerprint density at radius 1 is 1.50 bits per heavy atom. The Bertz CT molecular complexity index is 331. The van der Waals surface area contributed by atoms with Crippen molar-refractivity contribution in [1.29, 1.82) is 0 Å². The summed E-state index contributed by atoms with van der Waals surface area (Å²) in [4.78, 5) is 11.0. The van der Waals surface area contributed by atoms with Gasteiger partial charge in [0.25, 0.3) is 0 Å². The fraction of sp³-hybridized carbons (Fsp3) is 0. The molecule has 1 aromatic heterocycles. The van der Waals surface area contributed by atoms with Crippen LogP contribution >= 0.6 is 11.3 Å². The molecule has 4 N–H and O–H groups in total. The van der Waals surface area contributed by atoms with E-state index in [-0.39, 0.29) is 10.7 Å². The van der Waals surface area contributed by atoms with Crippen LogP contribution in [0.5, 0.6) is 0 Å². The lowest BCUT2D eigenvalue weighted by molar-refractivity contribution is 0.0702. The highest BCUT2D eigenvalue weighted by atomic mass is 32.1. The van der Waals surface area contributed by atoms with Gasteiger partial charge in [0.1, 0.15) is 4.88 Å². The molecule has 0 aliphatic rings. The van der Waals surface area contributed by atoms with E-state index >= 15 is 0 Å². The quantitative estimate of drug-likeness (QED) is 0.272. The monoisotopic (exact) mass is 186 g/mol. The molecule has 0 amide bonds. The number of carboxylic acids is 1. The molecule has 1 rings (SSSR count). The van der Waals surface area contributed by atoms with Crippen molar-refractivity contribution in [1.82, 2.24) is 0 Å². The zero-order valence-corrected chi connectivity index (χ0v) is 6.71. The Labute approximate surface area is 71.7 Å². The molecule has 1 aromatic rings. The van der Waals surface area contributed by atoms with Crippen molar-refractivity contribution in [3.05, 3.63) is 21.9 Å². The summed E-state index contributed by atoms with van der Waals surface area (Å²) in [6.45, 7) is 0. The molecule has 12 heavy (non-hydrogen) atoms. The summed E-state index contributed by atoms with van der Waals surface area (Å²) in [7, 11) is 0. The topological polar surface area (TPSA) is 95.9 Å². The molecular formula is C6H6N2O3S. The van der Waals surface area contributed by atoms with Crippen molar-refractivity contribution in [3.8, 4) is 0 Å². The lowest BCUT2D eigenvalue weighted by Gasteiger charge is -1.88. The average Bonchev–Trinajstić information content (AvgIpc) is 2.51. The molecule has 6 heteroatoms. The van der Waals surface area contributed by atoms with Gasteiger partial charge in [-0.3, -0.25) is 0 Å². The first-order valence-corrected chi connectivity index (χ1v) is 3.78. The average molecular weight is 186 g/mol. The van der Waals surface area contributed by atoms with E-state index in [2.05, 4.69) is 5.16 Å². The maximum absolute atomic E-state index is 10.4. The second-order valence-corrected chi connectivity index (χ2v) is 3.04. The number of thiophene rings is 1. The molecule has 0 spiro atoms. The van der Waals surface area contributed by atoms with Gasteiger partial charge in [0.2, 0.25) is 0 Å². The summed E-state index contributed by atoms with van der Waals surface area (Å²) < 4.78 is 0. The minimum absolute atomic E-state index is 0.0764. The number of carbonyl (C=O) groups is 1. The van der Waals surface area contributed by atoms with Gasteiger partial charge in [-0.05, 0) is 12.1 Å². The highest BCUT2D eigenvalue weighted by molar-refractivity contribution is 7.15. The number of hydrogen-bond donors (Lipinski definition) is 3. The molecule has 0 aliphatic carbocycles. The first-order valence-electron chi connectivity index (χ1n) is 2.96. The molecule has 5 nitrogen and oxygen atoms in total. The summed E-state index contributed by atoms with van der Waals surface area (Å²) in [5.74, 6) is -1.09. The van der Waals surface area contributed by atoms with Crippen molar-refractivity contribution in [2.24, 2.45) is 10.9 Å². The zero-order chi connectivity index (χ0) is 9.14. The van der Waals surface area contributed by atoms with E-state index in [0.717, 1.165) is 11.3 Å². The molecule has 0 saturated heterocycles. The molecule has 0 bridgehead atoms. The Balaban J connectivity index is 2.99. The van der Waals surface area contributed by atoms with Crippen LogP contribution in [0, 0.1) is 0 Å². The van der Waals surface area contributed by atoms with Gasteiger partial charge >= 0.3 is 5.97 Å². The Kier molecular flexibility index (Phi) is 2.29. The Morgan fingerprint density at radius 3 is 2.50 bits per heavy atom. The van der Waals surface area contributed by atoms with E-state index in [1.165, 1.54) is 12.1 Å². The van der Waals surface area contributed by atoms with Gasteiger partial charge in [-0.15, -0.1) is 11.3 Å². The van der Waals surface area contributed by atoms with E-state index < -0.39 is 5.97 Å². The third-order valence-corrected chi connectivity index (χ3v) is 2.27. The van der Waals surface area contributed by atoms with Gasteiger partial charge in [0.05, 0.1) is 4.88 Å². The minimum Gasteiger partial charge on any atom is -0.477 e. The number of nitrogens with zero attached hydrogens (tertiary/aromatic N) is 1. The summed E-state index contributed by atoms with van der Waals surface area (Å²) >= 11 is 0.958. The van der Waals surface area contributed by atoms with Crippen LogP contribution in [0.15, 0.2) is 17.3 Å². The van der Waals surface area contributed by atoms with Gasteiger partial charge in [-0.2, -0.15) is 0 Å². The molecule has 1 heterocycles. The second kappa shape index (κ2) is 3.22. The number of aromatic carboxylic acids is 1. The maximum atomic E-state index is 10.4. The van der Waals surface area contributed by atoms with Crippen molar-refractivity contribution >= 4 is 23.1 Å². The highest BCUT2D eigenvalue weighted by Crippen LogP contribution is 2.15. The summed E-state index contributed by atoms with van der Waals surface area (Å²) in [5, 5.41) is 19.5. The largest absolute Gasteiger partial charge is 0.477 e. The van der Waals surface area contributed by atoms with Crippen molar-refractivity contribution in [2.45, 2.75) is 0 Å². The van der Waals surface area contributed by atoms with Crippen molar-refractivity contribution in [3.63, 3.8) is 0 Å². The van der Waals surface area contributed by atoms with Gasteiger partial charge in [0.15, 0.2) is 5.84 Å². The van der Waals surface area contributed by atoms with E-state index in [1.54, 1.807) is 0 Å². The smallest absolute Gasteiger partial charge is 0.345 e. The van der Waals surface area contributed by atoms with Crippen LogP contribution in [0.2, 0.25) is 0 Å². The first-order chi connectivity index (χ1) is 5.65. The van der Waals surface area contributed by atoms with Crippen LogP contribution in [-0.4, -0.2) is 22.1 Å². The number of rotatable bonds is 2. The number of hydrogen-bond acceptors (Lipinski definition) is 4. The van der Waals surface area contributed by atoms with Crippen molar-refractivity contribution in [2.75, 3.05) is 0 Å². The van der Waals surface area contributed by atoms with E-state index in [9.17, 15) is 4.79 Å². The molecular weight excluding hydrogens is 180 g/mol. The lowest BCUT2D eigenvalue weighted by Crippen LogP contribution is -2.10. The Morgan fingerprint density at radius 2 is 2.08 bits per heavy atom. The standard InChI is InChI=1S/C6H6N2O3S/c7-5(8-11)3-1-2-4(12-3)6(9)10/h1-2,11H,(H2,7,8)(H,9,10). The van der Waals surface area contributed by atoms with Crippen LogP contribution in [0.4, 0.5) is 0 Å². The minimum atomic E-state index is -1.02. The highest BCUT2D eigenvalue weighted by Gasteiger charge is 2.08. The predicted octanol–water partition coefficient (Wildman–Crippen LogP) is 0.541. The van der Waals surface area contributed by atoms with E-state index in [0.29, 0.717) is 4.88 Å². The van der Waals surface area contributed by atoms with Gasteiger partial charge in [-0.25, -0.2) is 4.79 Å². The fourth-order valence-corrected chi connectivity index (χ4v) is 1.38. The molecule has 0 radical (unpaired) electrons. The third-order valence-electron chi connectivity index (χ3n) is 1.18. The normalized spacial score (nSPS) is 11.5. The van der Waals surface area contributed by atoms with Gasteiger partial charge in [0, 0.05) is 0 Å².